The molecule has 1 aromatic rings. The smallest absolute Gasteiger partial charge is 0.406 e. The van der Waals surface area contributed by atoms with E-state index in [4.69, 9.17) is 5.73 Å². The fourth-order valence-electron chi connectivity index (χ4n) is 1.40. The minimum atomic E-state index is -4.73. The molecule has 7 heteroatoms. The zero-order chi connectivity index (χ0) is 13.1. The van der Waals surface area contributed by atoms with Crippen molar-refractivity contribution in [1.82, 2.24) is 0 Å². The van der Waals surface area contributed by atoms with Gasteiger partial charge in [0.05, 0.1) is 12.1 Å². The molecule has 0 aliphatic heterocycles. The molecule has 0 amide bonds. The van der Waals surface area contributed by atoms with Crippen LogP contribution >= 0.6 is 12.4 Å². The van der Waals surface area contributed by atoms with Crippen molar-refractivity contribution >= 4 is 12.4 Å². The summed E-state index contributed by atoms with van der Waals surface area (Å²) in [5.74, 6) is -0.339. The minimum Gasteiger partial charge on any atom is -0.406 e. The van der Waals surface area contributed by atoms with Gasteiger partial charge in [0.25, 0.3) is 0 Å². The molecule has 0 aliphatic rings. The van der Waals surface area contributed by atoms with E-state index in [9.17, 15) is 18.3 Å². The molecule has 104 valence electrons. The Morgan fingerprint density at radius 3 is 2.50 bits per heavy atom. The number of halogens is 4. The summed E-state index contributed by atoms with van der Waals surface area (Å²) in [6.45, 7) is 1.74. The number of ether oxygens (including phenoxy) is 1. The third-order valence-electron chi connectivity index (χ3n) is 2.31. The Labute approximate surface area is 109 Å². The number of alkyl halides is 3. The molecule has 0 saturated heterocycles. The molecule has 0 saturated carbocycles. The molecule has 0 aromatic heterocycles. The van der Waals surface area contributed by atoms with Crippen LogP contribution in [0.5, 0.6) is 5.75 Å². The Morgan fingerprint density at radius 1 is 1.39 bits per heavy atom. The highest BCUT2D eigenvalue weighted by Gasteiger charge is 2.31. The van der Waals surface area contributed by atoms with Gasteiger partial charge in [-0.1, -0.05) is 19.1 Å². The van der Waals surface area contributed by atoms with Gasteiger partial charge in [-0.05, 0) is 24.1 Å². The van der Waals surface area contributed by atoms with Gasteiger partial charge in [-0.2, -0.15) is 0 Å². The van der Waals surface area contributed by atoms with Crippen molar-refractivity contribution in [2.75, 3.05) is 0 Å². The molecule has 0 spiro atoms. The number of nitrogens with two attached hydrogens (primary N) is 1. The average molecular weight is 286 g/mol. The van der Waals surface area contributed by atoms with Crippen molar-refractivity contribution in [3.8, 4) is 5.75 Å². The maximum Gasteiger partial charge on any atom is 0.573 e. The molecule has 2 atom stereocenters. The number of aliphatic hydroxyl groups is 1. The predicted molar refractivity (Wildman–Crippen MR) is 63.6 cm³/mol. The van der Waals surface area contributed by atoms with E-state index in [0.717, 1.165) is 0 Å². The first-order valence-electron chi connectivity index (χ1n) is 5.13. The van der Waals surface area contributed by atoms with Gasteiger partial charge in [-0.3, -0.25) is 0 Å². The number of rotatable bonds is 4. The van der Waals surface area contributed by atoms with Crippen molar-refractivity contribution < 1.29 is 23.0 Å². The maximum atomic E-state index is 12.0. The second-order valence-electron chi connectivity index (χ2n) is 3.62. The first-order valence-corrected chi connectivity index (χ1v) is 5.13. The number of hydrogen-bond acceptors (Lipinski definition) is 3. The van der Waals surface area contributed by atoms with Crippen LogP contribution in [0.2, 0.25) is 0 Å². The summed E-state index contributed by atoms with van der Waals surface area (Å²) < 4.78 is 39.8. The topological polar surface area (TPSA) is 55.5 Å². The van der Waals surface area contributed by atoms with Gasteiger partial charge in [0.2, 0.25) is 0 Å². The zero-order valence-electron chi connectivity index (χ0n) is 9.65. The van der Waals surface area contributed by atoms with Crippen molar-refractivity contribution in [2.45, 2.75) is 31.9 Å². The van der Waals surface area contributed by atoms with Crippen LogP contribution in [0.25, 0.3) is 0 Å². The highest BCUT2D eigenvalue weighted by atomic mass is 35.5. The molecule has 1 rings (SSSR count). The molecular weight excluding hydrogens is 271 g/mol. The SMILES string of the molecule is CC[C@@H](O)[C@@H](N)c1cccc(OC(F)(F)F)c1.Cl. The first kappa shape index (κ1) is 17.0. The summed E-state index contributed by atoms with van der Waals surface area (Å²) in [5, 5.41) is 9.52. The van der Waals surface area contributed by atoms with Gasteiger partial charge in [-0.25, -0.2) is 0 Å². The number of hydrogen-bond donors (Lipinski definition) is 2. The van der Waals surface area contributed by atoms with Crippen LogP contribution in [0.4, 0.5) is 13.2 Å². The van der Waals surface area contributed by atoms with Crippen LogP contribution in [0, 0.1) is 0 Å². The third kappa shape index (κ3) is 5.12. The summed E-state index contributed by atoms with van der Waals surface area (Å²) in [6.07, 6.45) is -5.10. The van der Waals surface area contributed by atoms with Crippen LogP contribution in [-0.4, -0.2) is 17.6 Å². The van der Waals surface area contributed by atoms with Crippen LogP contribution in [0.15, 0.2) is 24.3 Å². The number of aliphatic hydroxyl groups excluding tert-OH is 1. The van der Waals surface area contributed by atoms with Gasteiger partial charge in [-0.15, -0.1) is 25.6 Å². The molecule has 0 unspecified atom stereocenters. The van der Waals surface area contributed by atoms with E-state index in [1.54, 1.807) is 13.0 Å². The third-order valence-corrected chi connectivity index (χ3v) is 2.31. The molecule has 3 nitrogen and oxygen atoms in total. The van der Waals surface area contributed by atoms with Gasteiger partial charge in [0, 0.05) is 0 Å². The lowest BCUT2D eigenvalue weighted by molar-refractivity contribution is -0.274. The van der Waals surface area contributed by atoms with Gasteiger partial charge >= 0.3 is 6.36 Å². The molecule has 1 aromatic carbocycles. The van der Waals surface area contributed by atoms with Crippen LogP contribution in [-0.2, 0) is 0 Å². The molecular formula is C11H15ClF3NO2. The fourth-order valence-corrected chi connectivity index (χ4v) is 1.40. The lowest BCUT2D eigenvalue weighted by atomic mass is 10.0. The van der Waals surface area contributed by atoms with E-state index in [1.165, 1.54) is 18.2 Å². The lowest BCUT2D eigenvalue weighted by Gasteiger charge is -2.18. The van der Waals surface area contributed by atoms with E-state index in [-0.39, 0.29) is 18.2 Å². The minimum absolute atomic E-state index is 0. The van der Waals surface area contributed by atoms with E-state index in [0.29, 0.717) is 12.0 Å². The first-order chi connectivity index (χ1) is 7.83. The van der Waals surface area contributed by atoms with Gasteiger partial charge < -0.3 is 15.6 Å². The molecule has 0 aliphatic carbocycles. The van der Waals surface area contributed by atoms with Crippen molar-refractivity contribution in [3.05, 3.63) is 29.8 Å². The van der Waals surface area contributed by atoms with E-state index < -0.39 is 18.5 Å². The quantitative estimate of drug-likeness (QED) is 0.894. The maximum absolute atomic E-state index is 12.0. The van der Waals surface area contributed by atoms with Crippen LogP contribution < -0.4 is 10.5 Å². The Hall–Kier alpha value is -0.980. The molecule has 0 fully saturated rings. The standard InChI is InChI=1S/C11H14F3NO2.ClH/c1-2-9(16)10(15)7-4-3-5-8(6-7)17-11(12,13)14;/h3-6,9-10,16H,2,15H2,1H3;1H/t9-,10+;/m1./s1. The Bertz CT molecular complexity index is 374. The molecule has 3 N–H and O–H groups in total. The highest BCUT2D eigenvalue weighted by molar-refractivity contribution is 5.85. The molecule has 0 heterocycles. The monoisotopic (exact) mass is 285 g/mol. The van der Waals surface area contributed by atoms with E-state index >= 15 is 0 Å². The van der Waals surface area contributed by atoms with Gasteiger partial charge in [0.15, 0.2) is 0 Å². The second-order valence-corrected chi connectivity index (χ2v) is 3.62. The fraction of sp³-hybridized carbons (Fsp3) is 0.455. The predicted octanol–water partition coefficient (Wildman–Crippen LogP) is 2.78. The van der Waals surface area contributed by atoms with Crippen molar-refractivity contribution in [1.29, 1.82) is 0 Å². The lowest BCUT2D eigenvalue weighted by Crippen LogP contribution is -2.25. The normalized spacial score (nSPS) is 14.6. The molecule has 18 heavy (non-hydrogen) atoms. The second kappa shape index (κ2) is 6.82. The zero-order valence-corrected chi connectivity index (χ0v) is 10.5. The summed E-state index contributed by atoms with van der Waals surface area (Å²) in [6, 6.07) is 4.58. The summed E-state index contributed by atoms with van der Waals surface area (Å²) >= 11 is 0. The largest absolute Gasteiger partial charge is 0.573 e. The summed E-state index contributed by atoms with van der Waals surface area (Å²) in [5.41, 5.74) is 6.10. The van der Waals surface area contributed by atoms with Crippen LogP contribution in [0.3, 0.4) is 0 Å². The summed E-state index contributed by atoms with van der Waals surface area (Å²) in [4.78, 5) is 0. The Morgan fingerprint density at radius 2 is 2.00 bits per heavy atom. The average Bonchev–Trinajstić information content (AvgIpc) is 2.25. The number of benzene rings is 1. The Balaban J connectivity index is 0.00000289. The highest BCUT2D eigenvalue weighted by Crippen LogP contribution is 2.26. The molecule has 0 radical (unpaired) electrons. The summed E-state index contributed by atoms with van der Waals surface area (Å²) in [7, 11) is 0. The van der Waals surface area contributed by atoms with Crippen molar-refractivity contribution in [3.63, 3.8) is 0 Å². The van der Waals surface area contributed by atoms with Crippen LogP contribution in [0.1, 0.15) is 24.9 Å². The van der Waals surface area contributed by atoms with E-state index in [1.807, 2.05) is 0 Å². The van der Waals surface area contributed by atoms with Crippen molar-refractivity contribution in [2.24, 2.45) is 5.73 Å². The Kier molecular flexibility index (Phi) is 6.45. The van der Waals surface area contributed by atoms with E-state index in [2.05, 4.69) is 4.74 Å². The molecule has 0 bridgehead atoms. The van der Waals surface area contributed by atoms with Gasteiger partial charge in [0.1, 0.15) is 5.75 Å².